The van der Waals surface area contributed by atoms with E-state index < -0.39 is 0 Å². The number of fused-ring (bicyclic) bond motifs is 1. The van der Waals surface area contributed by atoms with Crippen molar-refractivity contribution in [1.82, 2.24) is 0 Å². The summed E-state index contributed by atoms with van der Waals surface area (Å²) in [6.45, 7) is 10.6. The molecular formula is C20H24S. The van der Waals surface area contributed by atoms with Gasteiger partial charge < -0.3 is 0 Å². The molecule has 0 aliphatic rings. The Bertz CT molecular complexity index is 720. The van der Waals surface area contributed by atoms with Gasteiger partial charge in [-0.05, 0) is 47.4 Å². The summed E-state index contributed by atoms with van der Waals surface area (Å²) in [5.74, 6) is 0.613. The summed E-state index contributed by atoms with van der Waals surface area (Å²) in [7, 11) is 0. The zero-order chi connectivity index (χ0) is 15.4. The second kappa shape index (κ2) is 6.91. The van der Waals surface area contributed by atoms with Crippen LogP contribution < -0.4 is 0 Å². The van der Waals surface area contributed by atoms with Crippen molar-refractivity contribution in [3.63, 3.8) is 0 Å². The maximum absolute atomic E-state index is 2.30. The van der Waals surface area contributed by atoms with Crippen LogP contribution in [0.2, 0.25) is 0 Å². The van der Waals surface area contributed by atoms with Crippen molar-refractivity contribution in [2.24, 2.45) is 0 Å². The van der Waals surface area contributed by atoms with E-state index in [0.717, 1.165) is 0 Å². The predicted molar refractivity (Wildman–Crippen MR) is 97.4 cm³/mol. The molecular weight excluding hydrogens is 272 g/mol. The lowest BCUT2D eigenvalue weighted by Crippen LogP contribution is -1.78. The minimum atomic E-state index is 0.613. The van der Waals surface area contributed by atoms with Crippen molar-refractivity contribution in [2.45, 2.75) is 40.5 Å². The molecule has 0 nitrogen and oxygen atoms in total. The van der Waals surface area contributed by atoms with Gasteiger partial charge in [0.15, 0.2) is 0 Å². The molecule has 2 aromatic carbocycles. The van der Waals surface area contributed by atoms with Crippen molar-refractivity contribution >= 4 is 22.1 Å². The topological polar surface area (TPSA) is 0 Å². The first-order chi connectivity index (χ1) is 10.1. The lowest BCUT2D eigenvalue weighted by Gasteiger charge is -2.03. The van der Waals surface area contributed by atoms with Gasteiger partial charge in [0.1, 0.15) is 0 Å². The van der Waals surface area contributed by atoms with Gasteiger partial charge in [-0.3, -0.25) is 0 Å². The van der Waals surface area contributed by atoms with Crippen molar-refractivity contribution in [1.29, 1.82) is 0 Å². The van der Waals surface area contributed by atoms with Gasteiger partial charge in [0.25, 0.3) is 0 Å². The molecule has 0 aliphatic carbocycles. The molecule has 0 bridgehead atoms. The van der Waals surface area contributed by atoms with Crippen molar-refractivity contribution < 1.29 is 0 Å². The standard InChI is InChI=1S/C18H18S.C2H6/c1-12(2)17-8-9-18(19-17)16-7-6-14-10-13(3)4-5-15(14)11-16;1-2/h4-12H,1-3H3;1-2H3. The molecule has 1 aromatic heterocycles. The van der Waals surface area contributed by atoms with Gasteiger partial charge in [-0.15, -0.1) is 11.3 Å². The molecule has 0 aliphatic heterocycles. The highest BCUT2D eigenvalue weighted by molar-refractivity contribution is 7.15. The van der Waals surface area contributed by atoms with Crippen LogP contribution >= 0.6 is 11.3 Å². The normalized spacial score (nSPS) is 10.6. The lowest BCUT2D eigenvalue weighted by molar-refractivity contribution is 0.890. The summed E-state index contributed by atoms with van der Waals surface area (Å²) >= 11 is 1.91. The summed E-state index contributed by atoms with van der Waals surface area (Å²) < 4.78 is 0. The lowest BCUT2D eigenvalue weighted by atomic mass is 10.0. The Labute approximate surface area is 132 Å². The van der Waals surface area contributed by atoms with Gasteiger partial charge in [0.05, 0.1) is 0 Å². The quantitative estimate of drug-likeness (QED) is 0.476. The van der Waals surface area contributed by atoms with Crippen LogP contribution in [-0.2, 0) is 0 Å². The van der Waals surface area contributed by atoms with E-state index in [1.165, 1.54) is 31.7 Å². The molecule has 1 heterocycles. The minimum absolute atomic E-state index is 0.613. The Hall–Kier alpha value is -1.60. The molecule has 0 saturated carbocycles. The molecule has 3 rings (SSSR count). The highest BCUT2D eigenvalue weighted by Gasteiger charge is 2.06. The smallest absolute Gasteiger partial charge is 0.0345 e. The van der Waals surface area contributed by atoms with E-state index >= 15 is 0 Å². The van der Waals surface area contributed by atoms with Crippen molar-refractivity contribution in [3.05, 3.63) is 59.0 Å². The van der Waals surface area contributed by atoms with E-state index in [1.807, 2.05) is 25.2 Å². The van der Waals surface area contributed by atoms with E-state index in [0.29, 0.717) is 5.92 Å². The molecule has 0 N–H and O–H groups in total. The summed E-state index contributed by atoms with van der Waals surface area (Å²) in [5, 5.41) is 2.65. The Kier molecular flexibility index (Phi) is 5.19. The van der Waals surface area contributed by atoms with Crippen LogP contribution in [0.1, 0.15) is 44.1 Å². The second-order valence-electron chi connectivity index (χ2n) is 5.42. The van der Waals surface area contributed by atoms with Gasteiger partial charge in [-0.1, -0.05) is 63.6 Å². The molecule has 1 heteroatoms. The van der Waals surface area contributed by atoms with E-state index in [4.69, 9.17) is 0 Å². The van der Waals surface area contributed by atoms with E-state index in [1.54, 1.807) is 0 Å². The summed E-state index contributed by atoms with van der Waals surface area (Å²) in [6.07, 6.45) is 0. The molecule has 0 spiro atoms. The van der Waals surface area contributed by atoms with Crippen LogP contribution in [0.4, 0.5) is 0 Å². The molecule has 0 radical (unpaired) electrons. The van der Waals surface area contributed by atoms with Crippen molar-refractivity contribution in [3.8, 4) is 10.4 Å². The fourth-order valence-corrected chi connectivity index (χ4v) is 3.34. The highest BCUT2D eigenvalue weighted by atomic mass is 32.1. The summed E-state index contributed by atoms with van der Waals surface area (Å²) in [5.41, 5.74) is 2.65. The fraction of sp³-hybridized carbons (Fsp3) is 0.300. The average Bonchev–Trinajstić information content (AvgIpc) is 2.99. The molecule has 0 saturated heterocycles. The van der Waals surface area contributed by atoms with E-state index in [-0.39, 0.29) is 0 Å². The van der Waals surface area contributed by atoms with E-state index in [2.05, 4.69) is 69.3 Å². The SMILES string of the molecule is CC.Cc1ccc2cc(-c3ccc(C(C)C)s3)ccc2c1. The van der Waals surface area contributed by atoms with Gasteiger partial charge in [0, 0.05) is 9.75 Å². The third kappa shape index (κ3) is 3.54. The first-order valence-electron chi connectivity index (χ1n) is 7.74. The average molecular weight is 296 g/mol. The zero-order valence-corrected chi connectivity index (χ0v) is 14.4. The van der Waals surface area contributed by atoms with Gasteiger partial charge in [0.2, 0.25) is 0 Å². The van der Waals surface area contributed by atoms with Gasteiger partial charge in [-0.25, -0.2) is 0 Å². The van der Waals surface area contributed by atoms with Crippen LogP contribution in [0.15, 0.2) is 48.5 Å². The summed E-state index contributed by atoms with van der Waals surface area (Å²) in [6, 6.07) is 17.9. The summed E-state index contributed by atoms with van der Waals surface area (Å²) in [4.78, 5) is 2.82. The molecule has 0 unspecified atom stereocenters. The third-order valence-electron chi connectivity index (χ3n) is 3.48. The largest absolute Gasteiger partial charge is 0.140 e. The molecule has 3 aromatic rings. The number of hydrogen-bond donors (Lipinski definition) is 0. The first-order valence-corrected chi connectivity index (χ1v) is 8.55. The third-order valence-corrected chi connectivity index (χ3v) is 4.91. The number of thiophene rings is 1. The van der Waals surface area contributed by atoms with E-state index in [9.17, 15) is 0 Å². The maximum atomic E-state index is 2.30. The Morgan fingerprint density at radius 3 is 2.14 bits per heavy atom. The fourth-order valence-electron chi connectivity index (χ4n) is 2.34. The first kappa shape index (κ1) is 15.8. The van der Waals surface area contributed by atoms with Crippen LogP contribution in [0.3, 0.4) is 0 Å². The Morgan fingerprint density at radius 1 is 0.810 bits per heavy atom. The number of hydrogen-bond acceptors (Lipinski definition) is 1. The molecule has 110 valence electrons. The molecule has 0 atom stereocenters. The van der Waals surface area contributed by atoms with Crippen LogP contribution in [0, 0.1) is 6.92 Å². The number of benzene rings is 2. The molecule has 0 fully saturated rings. The maximum Gasteiger partial charge on any atom is 0.0345 e. The van der Waals surface area contributed by atoms with Crippen molar-refractivity contribution in [2.75, 3.05) is 0 Å². The van der Waals surface area contributed by atoms with Crippen LogP contribution in [0.25, 0.3) is 21.2 Å². The predicted octanol–water partition coefficient (Wildman–Crippen LogP) is 7.03. The second-order valence-corrected chi connectivity index (χ2v) is 6.54. The number of aryl methyl sites for hydroxylation is 1. The number of rotatable bonds is 2. The zero-order valence-electron chi connectivity index (χ0n) is 13.6. The van der Waals surface area contributed by atoms with Crippen LogP contribution in [-0.4, -0.2) is 0 Å². The Morgan fingerprint density at radius 2 is 1.48 bits per heavy atom. The monoisotopic (exact) mass is 296 g/mol. The van der Waals surface area contributed by atoms with Crippen LogP contribution in [0.5, 0.6) is 0 Å². The molecule has 21 heavy (non-hydrogen) atoms. The minimum Gasteiger partial charge on any atom is -0.140 e. The van der Waals surface area contributed by atoms with Gasteiger partial charge in [-0.2, -0.15) is 0 Å². The highest BCUT2D eigenvalue weighted by Crippen LogP contribution is 2.33. The van der Waals surface area contributed by atoms with Gasteiger partial charge >= 0.3 is 0 Å². The Balaban J connectivity index is 0.000000774. The molecule has 0 amide bonds.